The molecule has 0 saturated heterocycles. The van der Waals surface area contributed by atoms with E-state index in [-0.39, 0.29) is 5.69 Å². The van der Waals surface area contributed by atoms with Crippen LogP contribution in [0.15, 0.2) is 24.4 Å². The third-order valence-electron chi connectivity index (χ3n) is 2.96. The van der Waals surface area contributed by atoms with Crippen LogP contribution in [0.2, 0.25) is 0 Å². The lowest BCUT2D eigenvalue weighted by atomic mass is 10.2. The fourth-order valence-corrected chi connectivity index (χ4v) is 1.93. The summed E-state index contributed by atoms with van der Waals surface area (Å²) in [4.78, 5) is 17.5. The summed E-state index contributed by atoms with van der Waals surface area (Å²) in [6.07, 6.45) is 1.81. The van der Waals surface area contributed by atoms with Crippen LogP contribution in [0.5, 0.6) is 0 Å². The zero-order valence-corrected chi connectivity index (χ0v) is 10.9. The number of imidazole rings is 1. The molecule has 0 aromatic carbocycles. The second-order valence-electron chi connectivity index (χ2n) is 4.58. The number of carbonyl (C=O) groups is 1. The van der Waals surface area contributed by atoms with E-state index in [9.17, 15) is 15.0 Å². The third-order valence-corrected chi connectivity index (χ3v) is 2.96. The summed E-state index contributed by atoms with van der Waals surface area (Å²) in [5.41, 5.74) is 0.738. The van der Waals surface area contributed by atoms with Crippen LogP contribution in [0, 0.1) is 0 Å². The van der Waals surface area contributed by atoms with Crippen molar-refractivity contribution in [3.63, 3.8) is 0 Å². The zero-order valence-electron chi connectivity index (χ0n) is 10.9. The molecule has 0 aliphatic heterocycles. The van der Waals surface area contributed by atoms with E-state index >= 15 is 0 Å². The Bertz CT molecular complexity index is 592. The van der Waals surface area contributed by atoms with Gasteiger partial charge in [0.25, 0.3) is 0 Å². The zero-order chi connectivity index (χ0) is 14.0. The summed E-state index contributed by atoms with van der Waals surface area (Å²) in [7, 11) is 1.77. The summed E-state index contributed by atoms with van der Waals surface area (Å²) < 4.78 is 1.55. The van der Waals surface area contributed by atoms with Gasteiger partial charge in [0.1, 0.15) is 5.65 Å². The summed E-state index contributed by atoms with van der Waals surface area (Å²) in [6, 6.07) is 5.34. The number of hydrogen-bond acceptors (Lipinski definition) is 4. The molecule has 6 nitrogen and oxygen atoms in total. The number of aromatic carboxylic acids is 1. The van der Waals surface area contributed by atoms with Crippen LogP contribution in [-0.2, 0) is 0 Å². The molecule has 0 spiro atoms. The maximum Gasteiger partial charge on any atom is 0.356 e. The highest BCUT2D eigenvalue weighted by Gasteiger charge is 2.21. The van der Waals surface area contributed by atoms with Crippen LogP contribution in [-0.4, -0.2) is 45.3 Å². The molecule has 102 valence electrons. The summed E-state index contributed by atoms with van der Waals surface area (Å²) in [5, 5.41) is 18.6. The quantitative estimate of drug-likeness (QED) is 0.848. The first kappa shape index (κ1) is 13.4. The van der Waals surface area contributed by atoms with Gasteiger partial charge in [0.2, 0.25) is 0 Å². The maximum absolute atomic E-state index is 11.4. The van der Waals surface area contributed by atoms with Crippen LogP contribution in [0.3, 0.4) is 0 Å². The van der Waals surface area contributed by atoms with E-state index in [1.165, 1.54) is 0 Å². The third kappa shape index (κ3) is 2.68. The second-order valence-corrected chi connectivity index (χ2v) is 4.58. The highest BCUT2D eigenvalue weighted by atomic mass is 16.4. The first-order chi connectivity index (χ1) is 9.00. The molecule has 0 radical (unpaired) electrons. The van der Waals surface area contributed by atoms with Gasteiger partial charge in [0, 0.05) is 19.8 Å². The van der Waals surface area contributed by atoms with Crippen molar-refractivity contribution in [1.82, 2.24) is 9.38 Å². The van der Waals surface area contributed by atoms with E-state index in [2.05, 4.69) is 4.98 Å². The molecule has 19 heavy (non-hydrogen) atoms. The van der Waals surface area contributed by atoms with Crippen molar-refractivity contribution in [3.8, 4) is 0 Å². The smallest absolute Gasteiger partial charge is 0.356 e. The predicted molar refractivity (Wildman–Crippen MR) is 71.7 cm³/mol. The van der Waals surface area contributed by atoms with Gasteiger partial charge in [-0.05, 0) is 25.5 Å². The molecule has 2 aromatic rings. The van der Waals surface area contributed by atoms with E-state index in [1.54, 1.807) is 41.6 Å². The average Bonchev–Trinajstić information content (AvgIpc) is 2.75. The maximum atomic E-state index is 11.4. The normalized spacial score (nSPS) is 12.6. The van der Waals surface area contributed by atoms with Crippen LogP contribution in [0.25, 0.3) is 5.65 Å². The van der Waals surface area contributed by atoms with Crippen molar-refractivity contribution < 1.29 is 15.0 Å². The largest absolute Gasteiger partial charge is 0.476 e. The van der Waals surface area contributed by atoms with E-state index in [0.29, 0.717) is 24.4 Å². The fourth-order valence-electron chi connectivity index (χ4n) is 1.93. The number of pyridine rings is 1. The van der Waals surface area contributed by atoms with Crippen LogP contribution >= 0.6 is 0 Å². The predicted octanol–water partition coefficient (Wildman–Crippen LogP) is 1.24. The number of aliphatic hydroxyl groups excluding tert-OH is 1. The number of aromatic nitrogens is 2. The lowest BCUT2D eigenvalue weighted by Gasteiger charge is -2.18. The first-order valence-corrected chi connectivity index (χ1v) is 6.10. The van der Waals surface area contributed by atoms with E-state index in [1.807, 2.05) is 6.07 Å². The molecule has 0 bridgehead atoms. The van der Waals surface area contributed by atoms with Crippen LogP contribution in [0.1, 0.15) is 23.8 Å². The van der Waals surface area contributed by atoms with E-state index in [4.69, 9.17) is 0 Å². The van der Waals surface area contributed by atoms with Gasteiger partial charge in [-0.25, -0.2) is 9.78 Å². The standard InChI is InChI=1S/C13H17N3O3/c1-9(17)6-8-15(2)12-11(13(18)19)16-7-4-3-5-10(16)14-12/h3-5,7,9,17H,6,8H2,1-2H3,(H,18,19). The van der Waals surface area contributed by atoms with Gasteiger partial charge in [-0.3, -0.25) is 4.40 Å². The molecule has 2 heterocycles. The topological polar surface area (TPSA) is 78.1 Å². The molecule has 1 atom stereocenters. The molecular formula is C13H17N3O3. The Hall–Kier alpha value is -2.08. The minimum Gasteiger partial charge on any atom is -0.476 e. The molecule has 2 N–H and O–H groups in total. The van der Waals surface area contributed by atoms with Crippen molar-refractivity contribution in [1.29, 1.82) is 0 Å². The van der Waals surface area contributed by atoms with Crippen molar-refractivity contribution in [2.24, 2.45) is 0 Å². The molecule has 1 unspecified atom stereocenters. The Labute approximate surface area is 110 Å². The van der Waals surface area contributed by atoms with Crippen LogP contribution in [0.4, 0.5) is 5.82 Å². The van der Waals surface area contributed by atoms with Crippen LogP contribution < -0.4 is 4.90 Å². The monoisotopic (exact) mass is 263 g/mol. The van der Waals surface area contributed by atoms with Gasteiger partial charge in [-0.1, -0.05) is 6.07 Å². The molecular weight excluding hydrogens is 246 g/mol. The molecule has 2 aromatic heterocycles. The number of anilines is 1. The number of nitrogens with zero attached hydrogens (tertiary/aromatic N) is 3. The van der Waals surface area contributed by atoms with Crippen molar-refractivity contribution >= 4 is 17.4 Å². The highest BCUT2D eigenvalue weighted by Crippen LogP contribution is 2.21. The number of carboxylic acids is 1. The number of rotatable bonds is 5. The number of aliphatic hydroxyl groups is 1. The van der Waals surface area contributed by atoms with Crippen molar-refractivity contribution in [2.45, 2.75) is 19.4 Å². The van der Waals surface area contributed by atoms with Crippen molar-refractivity contribution in [2.75, 3.05) is 18.5 Å². The van der Waals surface area contributed by atoms with E-state index in [0.717, 1.165) is 0 Å². The Morgan fingerprint density at radius 1 is 1.53 bits per heavy atom. The molecule has 2 rings (SSSR count). The Balaban J connectivity index is 2.41. The lowest BCUT2D eigenvalue weighted by Crippen LogP contribution is -2.24. The molecule has 0 aliphatic rings. The number of carboxylic acid groups (broad SMARTS) is 1. The van der Waals surface area contributed by atoms with Gasteiger partial charge >= 0.3 is 5.97 Å². The van der Waals surface area contributed by atoms with Crippen molar-refractivity contribution in [3.05, 3.63) is 30.1 Å². The number of fused-ring (bicyclic) bond motifs is 1. The van der Waals surface area contributed by atoms with Gasteiger partial charge in [0.15, 0.2) is 11.5 Å². The number of hydrogen-bond donors (Lipinski definition) is 2. The lowest BCUT2D eigenvalue weighted by molar-refractivity contribution is 0.0690. The minimum atomic E-state index is -1.02. The molecule has 6 heteroatoms. The Morgan fingerprint density at radius 3 is 2.89 bits per heavy atom. The molecule has 0 fully saturated rings. The van der Waals surface area contributed by atoms with Gasteiger partial charge in [0.05, 0.1) is 6.10 Å². The fraction of sp³-hybridized carbons (Fsp3) is 0.385. The molecule has 0 saturated carbocycles. The Morgan fingerprint density at radius 2 is 2.26 bits per heavy atom. The average molecular weight is 263 g/mol. The highest BCUT2D eigenvalue weighted by molar-refractivity contribution is 5.93. The SMILES string of the molecule is CC(O)CCN(C)c1nc2ccccn2c1C(=O)O. The summed E-state index contributed by atoms with van der Waals surface area (Å²) in [6.45, 7) is 2.25. The van der Waals surface area contributed by atoms with Gasteiger partial charge in [-0.2, -0.15) is 0 Å². The molecule has 0 aliphatic carbocycles. The second kappa shape index (κ2) is 5.27. The van der Waals surface area contributed by atoms with Gasteiger partial charge in [-0.15, -0.1) is 0 Å². The van der Waals surface area contributed by atoms with E-state index < -0.39 is 12.1 Å². The summed E-state index contributed by atoms with van der Waals surface area (Å²) in [5.74, 6) is -0.600. The minimum absolute atomic E-state index is 0.142. The summed E-state index contributed by atoms with van der Waals surface area (Å²) >= 11 is 0. The first-order valence-electron chi connectivity index (χ1n) is 6.10. The Kier molecular flexibility index (Phi) is 3.71. The van der Waals surface area contributed by atoms with Gasteiger partial charge < -0.3 is 15.1 Å². The molecule has 0 amide bonds.